The SMILES string of the molecule is COc1ccc(NC(=O)C2(C(N)=S)CCC2)cn1. The number of anilines is 1. The first kappa shape index (κ1) is 12.8. The smallest absolute Gasteiger partial charge is 0.237 e. The molecule has 1 fully saturated rings. The van der Waals surface area contributed by atoms with Gasteiger partial charge >= 0.3 is 0 Å². The maximum absolute atomic E-state index is 12.2. The lowest BCUT2D eigenvalue weighted by Crippen LogP contribution is -2.50. The van der Waals surface area contributed by atoms with Crippen LogP contribution >= 0.6 is 12.2 Å². The van der Waals surface area contributed by atoms with Crippen LogP contribution in [0.3, 0.4) is 0 Å². The fourth-order valence-corrected chi connectivity index (χ4v) is 2.24. The molecule has 1 aliphatic rings. The van der Waals surface area contributed by atoms with E-state index in [0.29, 0.717) is 11.6 Å². The molecule has 0 aromatic carbocycles. The number of nitrogens with one attached hydrogen (secondary N) is 1. The number of amides is 1. The second-order valence-corrected chi connectivity index (χ2v) is 4.78. The largest absolute Gasteiger partial charge is 0.481 e. The summed E-state index contributed by atoms with van der Waals surface area (Å²) in [5.41, 5.74) is 5.61. The molecule has 1 aromatic heterocycles. The number of thiocarbonyl (C=S) groups is 1. The Labute approximate surface area is 111 Å². The van der Waals surface area contributed by atoms with E-state index in [0.717, 1.165) is 19.3 Å². The van der Waals surface area contributed by atoms with Crippen LogP contribution in [0, 0.1) is 5.41 Å². The molecule has 96 valence electrons. The number of nitrogens with zero attached hydrogens (tertiary/aromatic N) is 1. The van der Waals surface area contributed by atoms with E-state index >= 15 is 0 Å². The van der Waals surface area contributed by atoms with Crippen molar-refractivity contribution in [2.24, 2.45) is 11.1 Å². The molecule has 1 saturated carbocycles. The minimum atomic E-state index is -0.671. The summed E-state index contributed by atoms with van der Waals surface area (Å²) in [6, 6.07) is 3.42. The first-order valence-corrected chi connectivity index (χ1v) is 6.11. The zero-order valence-corrected chi connectivity index (χ0v) is 10.9. The molecular weight excluding hydrogens is 250 g/mol. The Morgan fingerprint density at radius 1 is 1.56 bits per heavy atom. The average Bonchev–Trinajstić information content (AvgIpc) is 2.28. The van der Waals surface area contributed by atoms with E-state index in [1.54, 1.807) is 18.3 Å². The topological polar surface area (TPSA) is 77.2 Å². The van der Waals surface area contributed by atoms with E-state index in [2.05, 4.69) is 10.3 Å². The summed E-state index contributed by atoms with van der Waals surface area (Å²) < 4.78 is 4.95. The fraction of sp³-hybridized carbons (Fsp3) is 0.417. The van der Waals surface area contributed by atoms with Crippen molar-refractivity contribution in [2.75, 3.05) is 12.4 Å². The molecule has 0 saturated heterocycles. The number of methoxy groups -OCH3 is 1. The van der Waals surface area contributed by atoms with Gasteiger partial charge in [-0.25, -0.2) is 4.98 Å². The molecule has 3 N–H and O–H groups in total. The highest BCUT2D eigenvalue weighted by Gasteiger charge is 2.46. The molecule has 0 aliphatic heterocycles. The van der Waals surface area contributed by atoms with Crippen LogP contribution < -0.4 is 15.8 Å². The minimum Gasteiger partial charge on any atom is -0.481 e. The van der Waals surface area contributed by atoms with Crippen LogP contribution in [-0.4, -0.2) is 23.0 Å². The summed E-state index contributed by atoms with van der Waals surface area (Å²) in [5.74, 6) is 0.355. The lowest BCUT2D eigenvalue weighted by molar-refractivity contribution is -0.125. The van der Waals surface area contributed by atoms with Crippen LogP contribution in [0.25, 0.3) is 0 Å². The van der Waals surface area contributed by atoms with Crippen molar-refractivity contribution < 1.29 is 9.53 Å². The Hall–Kier alpha value is -1.69. The highest BCUT2D eigenvalue weighted by atomic mass is 32.1. The highest BCUT2D eigenvalue weighted by molar-refractivity contribution is 7.80. The van der Waals surface area contributed by atoms with Gasteiger partial charge < -0.3 is 15.8 Å². The van der Waals surface area contributed by atoms with Crippen LogP contribution in [0.2, 0.25) is 0 Å². The molecule has 2 rings (SSSR count). The predicted molar refractivity (Wildman–Crippen MR) is 72.5 cm³/mol. The molecule has 18 heavy (non-hydrogen) atoms. The van der Waals surface area contributed by atoms with Crippen molar-refractivity contribution in [2.45, 2.75) is 19.3 Å². The molecule has 6 heteroatoms. The summed E-state index contributed by atoms with van der Waals surface area (Å²) in [6.07, 6.45) is 3.96. The zero-order chi connectivity index (χ0) is 13.2. The van der Waals surface area contributed by atoms with E-state index in [1.165, 1.54) is 7.11 Å². The Morgan fingerprint density at radius 2 is 2.28 bits per heavy atom. The quantitative estimate of drug-likeness (QED) is 0.806. The summed E-state index contributed by atoms with van der Waals surface area (Å²) in [4.78, 5) is 16.5. The second-order valence-electron chi connectivity index (χ2n) is 4.34. The van der Waals surface area contributed by atoms with Crippen molar-refractivity contribution in [1.29, 1.82) is 0 Å². The fourth-order valence-electron chi connectivity index (χ4n) is 1.94. The van der Waals surface area contributed by atoms with Gasteiger partial charge in [-0.2, -0.15) is 0 Å². The molecule has 0 spiro atoms. The van der Waals surface area contributed by atoms with Crippen LogP contribution in [0.1, 0.15) is 19.3 Å². The maximum atomic E-state index is 12.2. The number of pyridine rings is 1. The Balaban J connectivity index is 2.08. The monoisotopic (exact) mass is 265 g/mol. The van der Waals surface area contributed by atoms with Crippen molar-refractivity contribution in [3.63, 3.8) is 0 Å². The van der Waals surface area contributed by atoms with E-state index in [9.17, 15) is 4.79 Å². The average molecular weight is 265 g/mol. The van der Waals surface area contributed by atoms with Gasteiger partial charge in [0.05, 0.1) is 29.4 Å². The molecule has 0 bridgehead atoms. The molecule has 1 aliphatic carbocycles. The number of aromatic nitrogens is 1. The molecule has 0 radical (unpaired) electrons. The molecule has 0 atom stereocenters. The standard InChI is InChI=1S/C12H15N3O2S/c1-17-9-4-3-8(7-14-9)15-11(16)12(10(13)18)5-2-6-12/h3-4,7H,2,5-6H2,1H3,(H2,13,18)(H,15,16). The minimum absolute atomic E-state index is 0.145. The first-order valence-electron chi connectivity index (χ1n) is 5.70. The van der Waals surface area contributed by atoms with Gasteiger partial charge in [-0.05, 0) is 18.9 Å². The van der Waals surface area contributed by atoms with Gasteiger partial charge in [0.25, 0.3) is 0 Å². The number of ether oxygens (including phenoxy) is 1. The van der Waals surface area contributed by atoms with Crippen molar-refractivity contribution in [3.8, 4) is 5.88 Å². The van der Waals surface area contributed by atoms with Gasteiger partial charge in [-0.3, -0.25) is 4.79 Å². The van der Waals surface area contributed by atoms with Crippen LogP contribution in [-0.2, 0) is 4.79 Å². The number of carbonyl (C=O) groups excluding carboxylic acids is 1. The third-order valence-corrected chi connectivity index (χ3v) is 3.71. The number of hydrogen-bond donors (Lipinski definition) is 2. The summed E-state index contributed by atoms with van der Waals surface area (Å²) in [7, 11) is 1.54. The molecule has 0 unspecified atom stereocenters. The maximum Gasteiger partial charge on any atom is 0.237 e. The van der Waals surface area contributed by atoms with Crippen molar-refractivity contribution >= 4 is 28.8 Å². The van der Waals surface area contributed by atoms with Gasteiger partial charge in [-0.15, -0.1) is 0 Å². The van der Waals surface area contributed by atoms with Crippen molar-refractivity contribution in [3.05, 3.63) is 18.3 Å². The van der Waals surface area contributed by atoms with Gasteiger partial charge in [0.2, 0.25) is 11.8 Å². The van der Waals surface area contributed by atoms with E-state index < -0.39 is 5.41 Å². The zero-order valence-electron chi connectivity index (χ0n) is 10.1. The van der Waals surface area contributed by atoms with Crippen LogP contribution in [0.4, 0.5) is 5.69 Å². The van der Waals surface area contributed by atoms with E-state index in [4.69, 9.17) is 22.7 Å². The Bertz CT molecular complexity index is 469. The third-order valence-electron chi connectivity index (χ3n) is 3.32. The summed E-state index contributed by atoms with van der Waals surface area (Å²) >= 11 is 4.99. The molecule has 5 nitrogen and oxygen atoms in total. The lowest BCUT2D eigenvalue weighted by atomic mass is 9.68. The number of hydrogen-bond acceptors (Lipinski definition) is 4. The molecule has 1 heterocycles. The van der Waals surface area contributed by atoms with Crippen LogP contribution in [0.5, 0.6) is 5.88 Å². The number of nitrogens with two attached hydrogens (primary N) is 1. The predicted octanol–water partition coefficient (Wildman–Crippen LogP) is 1.49. The highest BCUT2D eigenvalue weighted by Crippen LogP contribution is 2.42. The second kappa shape index (κ2) is 4.89. The summed E-state index contributed by atoms with van der Waals surface area (Å²) in [6.45, 7) is 0. The van der Waals surface area contributed by atoms with E-state index in [-0.39, 0.29) is 10.9 Å². The number of rotatable bonds is 4. The molecular formula is C12H15N3O2S. The Morgan fingerprint density at radius 3 is 2.67 bits per heavy atom. The van der Waals surface area contributed by atoms with Gasteiger partial charge in [-0.1, -0.05) is 18.6 Å². The van der Waals surface area contributed by atoms with Crippen LogP contribution in [0.15, 0.2) is 18.3 Å². The lowest BCUT2D eigenvalue weighted by Gasteiger charge is -2.38. The normalized spacial score (nSPS) is 16.5. The molecule has 1 amide bonds. The van der Waals surface area contributed by atoms with E-state index in [1.807, 2.05) is 0 Å². The number of carbonyl (C=O) groups is 1. The van der Waals surface area contributed by atoms with Crippen molar-refractivity contribution in [1.82, 2.24) is 4.98 Å². The first-order chi connectivity index (χ1) is 8.58. The summed E-state index contributed by atoms with van der Waals surface area (Å²) in [5, 5.41) is 2.79. The van der Waals surface area contributed by atoms with Gasteiger partial charge in [0.1, 0.15) is 0 Å². The Kier molecular flexibility index (Phi) is 3.47. The third kappa shape index (κ3) is 2.15. The molecule has 1 aromatic rings. The van der Waals surface area contributed by atoms with Gasteiger partial charge in [0.15, 0.2) is 0 Å². The van der Waals surface area contributed by atoms with Gasteiger partial charge in [0, 0.05) is 6.07 Å².